The molecule has 0 aliphatic carbocycles. The van der Waals surface area contributed by atoms with E-state index in [2.05, 4.69) is 0 Å². The molecule has 0 aliphatic heterocycles. The first-order valence-corrected chi connectivity index (χ1v) is 5.18. The third-order valence-corrected chi connectivity index (χ3v) is 2.64. The Balaban J connectivity index is 2.78. The molecular weight excluding hydrogens is 217 g/mol. The summed E-state index contributed by atoms with van der Waals surface area (Å²) in [6, 6.07) is 4.68. The zero-order valence-electron chi connectivity index (χ0n) is 8.67. The number of hydrogen-bond acceptors (Lipinski definition) is 2. The average molecular weight is 232 g/mol. The number of halogens is 2. The molecular formula is C11H15ClFNO. The van der Waals surface area contributed by atoms with Gasteiger partial charge < -0.3 is 10.5 Å². The number of benzene rings is 1. The van der Waals surface area contributed by atoms with Crippen LogP contribution in [-0.2, 0) is 11.2 Å². The molecule has 0 heterocycles. The van der Waals surface area contributed by atoms with E-state index in [0.717, 1.165) is 0 Å². The summed E-state index contributed by atoms with van der Waals surface area (Å²) in [5, 5.41) is 0.449. The zero-order chi connectivity index (χ0) is 11.3. The van der Waals surface area contributed by atoms with Crippen LogP contribution in [0.15, 0.2) is 18.2 Å². The Morgan fingerprint density at radius 1 is 1.53 bits per heavy atom. The lowest BCUT2D eigenvalue weighted by molar-refractivity contribution is 0.155. The predicted molar refractivity (Wildman–Crippen MR) is 59.5 cm³/mol. The van der Waals surface area contributed by atoms with Gasteiger partial charge in [-0.2, -0.15) is 0 Å². The van der Waals surface area contributed by atoms with Gasteiger partial charge in [0.2, 0.25) is 0 Å². The molecule has 1 rings (SSSR count). The molecule has 1 atom stereocenters. The van der Waals surface area contributed by atoms with Crippen LogP contribution in [-0.4, -0.2) is 20.3 Å². The van der Waals surface area contributed by atoms with Crippen molar-refractivity contribution in [3.63, 3.8) is 0 Å². The van der Waals surface area contributed by atoms with Gasteiger partial charge in [0.05, 0.1) is 6.61 Å². The molecule has 1 unspecified atom stereocenters. The van der Waals surface area contributed by atoms with Crippen LogP contribution in [0, 0.1) is 11.7 Å². The first-order chi connectivity index (χ1) is 7.19. The Morgan fingerprint density at radius 2 is 2.27 bits per heavy atom. The van der Waals surface area contributed by atoms with Gasteiger partial charge in [0.15, 0.2) is 0 Å². The first kappa shape index (κ1) is 12.4. The molecule has 1 aromatic rings. The molecule has 0 aromatic heterocycles. The minimum absolute atomic E-state index is 0.101. The quantitative estimate of drug-likeness (QED) is 0.844. The minimum atomic E-state index is -0.281. The summed E-state index contributed by atoms with van der Waals surface area (Å²) < 4.78 is 18.4. The van der Waals surface area contributed by atoms with Crippen molar-refractivity contribution >= 4 is 11.6 Å². The summed E-state index contributed by atoms with van der Waals surface area (Å²) in [4.78, 5) is 0. The predicted octanol–water partition coefficient (Wildman–Crippen LogP) is 2.24. The van der Waals surface area contributed by atoms with E-state index >= 15 is 0 Å². The van der Waals surface area contributed by atoms with E-state index in [1.807, 2.05) is 0 Å². The van der Waals surface area contributed by atoms with Crippen LogP contribution in [0.1, 0.15) is 5.56 Å². The van der Waals surface area contributed by atoms with E-state index in [0.29, 0.717) is 30.2 Å². The number of ether oxygens (including phenoxy) is 1. The van der Waals surface area contributed by atoms with Crippen LogP contribution in [0.4, 0.5) is 4.39 Å². The Kier molecular flexibility index (Phi) is 5.02. The molecule has 4 heteroatoms. The molecule has 0 bridgehead atoms. The summed E-state index contributed by atoms with van der Waals surface area (Å²) in [5.41, 5.74) is 6.08. The molecule has 0 saturated heterocycles. The van der Waals surface area contributed by atoms with E-state index < -0.39 is 0 Å². The lowest BCUT2D eigenvalue weighted by atomic mass is 10.00. The van der Waals surface area contributed by atoms with Crippen molar-refractivity contribution in [1.82, 2.24) is 0 Å². The summed E-state index contributed by atoms with van der Waals surface area (Å²) in [5.74, 6) is -0.179. The lowest BCUT2D eigenvalue weighted by Crippen LogP contribution is -2.22. The molecule has 0 amide bonds. The topological polar surface area (TPSA) is 35.2 Å². The van der Waals surface area contributed by atoms with Crippen LogP contribution in [0.25, 0.3) is 0 Å². The van der Waals surface area contributed by atoms with Crippen molar-refractivity contribution in [2.75, 3.05) is 20.3 Å². The standard InChI is InChI=1S/C11H15ClFNO/c1-15-7-8(6-14)5-9-10(12)3-2-4-11(9)13/h2-4,8H,5-7,14H2,1H3. The normalized spacial score (nSPS) is 12.8. The second kappa shape index (κ2) is 6.05. The first-order valence-electron chi connectivity index (χ1n) is 4.81. The molecule has 2 nitrogen and oxygen atoms in total. The molecule has 2 N–H and O–H groups in total. The highest BCUT2D eigenvalue weighted by atomic mass is 35.5. The smallest absolute Gasteiger partial charge is 0.127 e. The Labute approximate surface area is 94.2 Å². The van der Waals surface area contributed by atoms with Gasteiger partial charge in [0, 0.05) is 17.7 Å². The Hall–Kier alpha value is -0.640. The van der Waals surface area contributed by atoms with Crippen LogP contribution >= 0.6 is 11.6 Å². The molecule has 0 aliphatic rings. The van der Waals surface area contributed by atoms with Gasteiger partial charge in [-0.15, -0.1) is 0 Å². The second-order valence-corrected chi connectivity index (χ2v) is 3.87. The van der Waals surface area contributed by atoms with Crippen LogP contribution in [0.3, 0.4) is 0 Å². The van der Waals surface area contributed by atoms with Gasteiger partial charge in [-0.1, -0.05) is 17.7 Å². The molecule has 1 aromatic carbocycles. The van der Waals surface area contributed by atoms with E-state index in [9.17, 15) is 4.39 Å². The van der Waals surface area contributed by atoms with Crippen molar-refractivity contribution in [1.29, 1.82) is 0 Å². The van der Waals surface area contributed by atoms with Crippen molar-refractivity contribution in [2.45, 2.75) is 6.42 Å². The Bertz CT molecular complexity index is 299. The van der Waals surface area contributed by atoms with Crippen molar-refractivity contribution < 1.29 is 9.13 Å². The highest BCUT2D eigenvalue weighted by molar-refractivity contribution is 6.31. The largest absolute Gasteiger partial charge is 0.384 e. The van der Waals surface area contributed by atoms with E-state index in [4.69, 9.17) is 22.1 Å². The molecule has 0 saturated carbocycles. The third kappa shape index (κ3) is 3.45. The third-order valence-electron chi connectivity index (χ3n) is 2.29. The minimum Gasteiger partial charge on any atom is -0.384 e. The van der Waals surface area contributed by atoms with E-state index in [1.165, 1.54) is 6.07 Å². The summed E-state index contributed by atoms with van der Waals surface area (Å²) in [6.07, 6.45) is 0.510. The van der Waals surface area contributed by atoms with Gasteiger partial charge in [-0.3, -0.25) is 0 Å². The monoisotopic (exact) mass is 231 g/mol. The summed E-state index contributed by atoms with van der Waals surface area (Å²) in [7, 11) is 1.60. The average Bonchev–Trinajstić information content (AvgIpc) is 2.22. The van der Waals surface area contributed by atoms with Crippen LogP contribution in [0.2, 0.25) is 5.02 Å². The highest BCUT2D eigenvalue weighted by Gasteiger charge is 2.13. The SMILES string of the molecule is COCC(CN)Cc1c(F)cccc1Cl. The molecule has 0 spiro atoms. The fourth-order valence-electron chi connectivity index (χ4n) is 1.46. The number of nitrogens with two attached hydrogens (primary N) is 1. The Morgan fingerprint density at radius 3 is 2.80 bits per heavy atom. The molecule has 0 radical (unpaired) electrons. The molecule has 0 fully saturated rings. The fourth-order valence-corrected chi connectivity index (χ4v) is 1.70. The maximum atomic E-state index is 13.4. The maximum Gasteiger partial charge on any atom is 0.127 e. The van der Waals surface area contributed by atoms with Crippen molar-refractivity contribution in [3.05, 3.63) is 34.6 Å². The van der Waals surface area contributed by atoms with E-state index in [1.54, 1.807) is 19.2 Å². The van der Waals surface area contributed by atoms with Crippen LogP contribution in [0.5, 0.6) is 0 Å². The van der Waals surface area contributed by atoms with Gasteiger partial charge in [-0.25, -0.2) is 4.39 Å². The molecule has 84 valence electrons. The van der Waals surface area contributed by atoms with Gasteiger partial charge in [0.25, 0.3) is 0 Å². The summed E-state index contributed by atoms with van der Waals surface area (Å²) >= 11 is 5.91. The van der Waals surface area contributed by atoms with Crippen molar-refractivity contribution in [3.8, 4) is 0 Å². The number of hydrogen-bond donors (Lipinski definition) is 1. The number of rotatable bonds is 5. The van der Waals surface area contributed by atoms with Crippen molar-refractivity contribution in [2.24, 2.45) is 11.7 Å². The van der Waals surface area contributed by atoms with Gasteiger partial charge >= 0.3 is 0 Å². The highest BCUT2D eigenvalue weighted by Crippen LogP contribution is 2.22. The van der Waals surface area contributed by atoms with Gasteiger partial charge in [-0.05, 0) is 31.0 Å². The van der Waals surface area contributed by atoms with E-state index in [-0.39, 0.29) is 11.7 Å². The lowest BCUT2D eigenvalue weighted by Gasteiger charge is -2.14. The second-order valence-electron chi connectivity index (χ2n) is 3.46. The van der Waals surface area contributed by atoms with Gasteiger partial charge in [0.1, 0.15) is 5.82 Å². The van der Waals surface area contributed by atoms with Crippen LogP contribution < -0.4 is 5.73 Å². The number of methoxy groups -OCH3 is 1. The zero-order valence-corrected chi connectivity index (χ0v) is 9.43. The summed E-state index contributed by atoms with van der Waals surface area (Å²) in [6.45, 7) is 0.972. The molecule has 15 heavy (non-hydrogen) atoms. The fraction of sp³-hybridized carbons (Fsp3) is 0.455. The maximum absolute atomic E-state index is 13.4.